The van der Waals surface area contributed by atoms with E-state index in [0.717, 1.165) is 49.8 Å². The predicted molar refractivity (Wildman–Crippen MR) is 98.2 cm³/mol. The number of nitrogens with zero attached hydrogens (tertiary/aromatic N) is 3. The second-order valence-corrected chi connectivity index (χ2v) is 7.47. The van der Waals surface area contributed by atoms with Gasteiger partial charge in [-0.05, 0) is 68.4 Å². The minimum atomic E-state index is 0.332. The predicted octanol–water partition coefficient (Wildman–Crippen LogP) is 3.40. The van der Waals surface area contributed by atoms with Gasteiger partial charge in [-0.25, -0.2) is 0 Å². The SMILES string of the molecule is Cc1cccc(CN2CC[C@@H](OCC3CC3)[C@@H]2Cc2ccncc2)n1. The monoisotopic (exact) mass is 337 g/mol. The van der Waals surface area contributed by atoms with Gasteiger partial charge in [0, 0.05) is 43.8 Å². The van der Waals surface area contributed by atoms with Crippen molar-refractivity contribution in [1.29, 1.82) is 0 Å². The lowest BCUT2D eigenvalue weighted by atomic mass is 10.0. The molecule has 0 radical (unpaired) electrons. The maximum absolute atomic E-state index is 6.33. The van der Waals surface area contributed by atoms with Crippen LogP contribution in [0.2, 0.25) is 0 Å². The van der Waals surface area contributed by atoms with E-state index in [1.807, 2.05) is 12.4 Å². The Morgan fingerprint density at radius 1 is 1.12 bits per heavy atom. The molecule has 4 rings (SSSR count). The molecule has 4 heteroatoms. The fourth-order valence-electron chi connectivity index (χ4n) is 3.74. The number of rotatable bonds is 7. The Morgan fingerprint density at radius 3 is 2.72 bits per heavy atom. The molecular formula is C21H27N3O. The van der Waals surface area contributed by atoms with Gasteiger partial charge in [0.2, 0.25) is 0 Å². The van der Waals surface area contributed by atoms with Gasteiger partial charge in [0.05, 0.1) is 11.8 Å². The highest BCUT2D eigenvalue weighted by Gasteiger charge is 2.36. The zero-order valence-corrected chi connectivity index (χ0v) is 15.0. The Morgan fingerprint density at radius 2 is 1.96 bits per heavy atom. The number of likely N-dealkylation sites (tertiary alicyclic amines) is 1. The molecule has 132 valence electrons. The molecule has 0 aromatic carbocycles. The summed E-state index contributed by atoms with van der Waals surface area (Å²) in [5, 5.41) is 0. The van der Waals surface area contributed by atoms with E-state index in [1.54, 1.807) is 0 Å². The van der Waals surface area contributed by atoms with Crippen molar-refractivity contribution in [2.45, 2.75) is 51.3 Å². The van der Waals surface area contributed by atoms with E-state index < -0.39 is 0 Å². The third kappa shape index (κ3) is 4.44. The van der Waals surface area contributed by atoms with E-state index in [2.05, 4.69) is 47.1 Å². The minimum absolute atomic E-state index is 0.332. The Kier molecular flexibility index (Phi) is 5.09. The van der Waals surface area contributed by atoms with Crippen molar-refractivity contribution in [2.24, 2.45) is 5.92 Å². The van der Waals surface area contributed by atoms with Gasteiger partial charge in [-0.3, -0.25) is 14.9 Å². The number of aromatic nitrogens is 2. The van der Waals surface area contributed by atoms with Crippen molar-refractivity contribution in [3.05, 3.63) is 59.7 Å². The van der Waals surface area contributed by atoms with Crippen molar-refractivity contribution in [2.75, 3.05) is 13.2 Å². The first-order valence-corrected chi connectivity index (χ1v) is 9.45. The largest absolute Gasteiger partial charge is 0.376 e. The quantitative estimate of drug-likeness (QED) is 0.776. The first kappa shape index (κ1) is 16.7. The maximum atomic E-state index is 6.33. The lowest BCUT2D eigenvalue weighted by Crippen LogP contribution is -2.38. The summed E-state index contributed by atoms with van der Waals surface area (Å²) >= 11 is 0. The molecule has 1 saturated heterocycles. The molecule has 2 aliphatic rings. The van der Waals surface area contributed by atoms with Gasteiger partial charge in [-0.15, -0.1) is 0 Å². The number of ether oxygens (including phenoxy) is 1. The Bertz CT molecular complexity index is 687. The molecule has 0 N–H and O–H groups in total. The second-order valence-electron chi connectivity index (χ2n) is 7.47. The van der Waals surface area contributed by atoms with Crippen molar-refractivity contribution in [1.82, 2.24) is 14.9 Å². The molecule has 3 heterocycles. The molecular weight excluding hydrogens is 310 g/mol. The highest BCUT2D eigenvalue weighted by atomic mass is 16.5. The molecule has 1 aliphatic carbocycles. The second kappa shape index (κ2) is 7.63. The number of aryl methyl sites for hydroxylation is 1. The molecule has 2 atom stereocenters. The number of pyridine rings is 2. The average Bonchev–Trinajstić information content (AvgIpc) is 3.38. The third-order valence-electron chi connectivity index (χ3n) is 5.35. The van der Waals surface area contributed by atoms with Gasteiger partial charge in [0.15, 0.2) is 0 Å². The molecule has 1 saturated carbocycles. The average molecular weight is 337 g/mol. The molecule has 0 spiro atoms. The van der Waals surface area contributed by atoms with Gasteiger partial charge < -0.3 is 4.74 Å². The zero-order valence-electron chi connectivity index (χ0n) is 15.0. The van der Waals surface area contributed by atoms with E-state index in [1.165, 1.54) is 18.4 Å². The smallest absolute Gasteiger partial charge is 0.0745 e. The van der Waals surface area contributed by atoms with Crippen LogP contribution in [0.25, 0.3) is 0 Å². The van der Waals surface area contributed by atoms with Crippen LogP contribution in [-0.2, 0) is 17.7 Å². The van der Waals surface area contributed by atoms with Crippen molar-refractivity contribution in [3.63, 3.8) is 0 Å². The summed E-state index contributed by atoms with van der Waals surface area (Å²) in [4.78, 5) is 11.4. The fourth-order valence-corrected chi connectivity index (χ4v) is 3.74. The van der Waals surface area contributed by atoms with E-state index in [9.17, 15) is 0 Å². The lowest BCUT2D eigenvalue weighted by molar-refractivity contribution is 0.0195. The summed E-state index contributed by atoms with van der Waals surface area (Å²) in [6.07, 6.45) is 8.93. The first-order valence-electron chi connectivity index (χ1n) is 9.45. The third-order valence-corrected chi connectivity index (χ3v) is 5.35. The minimum Gasteiger partial charge on any atom is -0.376 e. The molecule has 25 heavy (non-hydrogen) atoms. The molecule has 2 aromatic rings. The van der Waals surface area contributed by atoms with Gasteiger partial charge in [0.1, 0.15) is 0 Å². The van der Waals surface area contributed by atoms with Crippen LogP contribution in [0, 0.1) is 12.8 Å². The highest BCUT2D eigenvalue weighted by molar-refractivity contribution is 5.14. The lowest BCUT2D eigenvalue weighted by Gasteiger charge is -2.28. The normalized spacial score (nSPS) is 23.9. The molecule has 4 nitrogen and oxygen atoms in total. The number of hydrogen-bond donors (Lipinski definition) is 0. The topological polar surface area (TPSA) is 38.2 Å². The molecule has 0 bridgehead atoms. The summed E-state index contributed by atoms with van der Waals surface area (Å²) in [5.41, 5.74) is 3.58. The molecule has 0 unspecified atom stereocenters. The summed E-state index contributed by atoms with van der Waals surface area (Å²) in [5.74, 6) is 0.814. The van der Waals surface area contributed by atoms with Crippen LogP contribution in [-0.4, -0.2) is 40.2 Å². The molecule has 2 aromatic heterocycles. The fraction of sp³-hybridized carbons (Fsp3) is 0.524. The maximum Gasteiger partial charge on any atom is 0.0745 e. The number of hydrogen-bond acceptors (Lipinski definition) is 4. The van der Waals surface area contributed by atoms with E-state index >= 15 is 0 Å². The van der Waals surface area contributed by atoms with E-state index in [4.69, 9.17) is 9.72 Å². The van der Waals surface area contributed by atoms with E-state index in [0.29, 0.717) is 12.1 Å². The van der Waals surface area contributed by atoms with Crippen LogP contribution in [0.5, 0.6) is 0 Å². The van der Waals surface area contributed by atoms with Crippen LogP contribution in [0.15, 0.2) is 42.7 Å². The van der Waals surface area contributed by atoms with E-state index in [-0.39, 0.29) is 0 Å². The van der Waals surface area contributed by atoms with Crippen molar-refractivity contribution >= 4 is 0 Å². The summed E-state index contributed by atoms with van der Waals surface area (Å²) in [7, 11) is 0. The van der Waals surface area contributed by atoms with Crippen molar-refractivity contribution < 1.29 is 4.74 Å². The van der Waals surface area contributed by atoms with Crippen LogP contribution in [0.3, 0.4) is 0 Å². The molecule has 0 amide bonds. The van der Waals surface area contributed by atoms with Gasteiger partial charge in [-0.1, -0.05) is 6.07 Å². The van der Waals surface area contributed by atoms with Gasteiger partial charge in [0.25, 0.3) is 0 Å². The van der Waals surface area contributed by atoms with Crippen LogP contribution in [0.4, 0.5) is 0 Å². The first-order chi connectivity index (χ1) is 12.3. The summed E-state index contributed by atoms with van der Waals surface area (Å²) in [6.45, 7) is 4.99. The summed E-state index contributed by atoms with van der Waals surface area (Å²) < 4.78 is 6.33. The summed E-state index contributed by atoms with van der Waals surface area (Å²) in [6, 6.07) is 11.0. The van der Waals surface area contributed by atoms with Crippen LogP contribution < -0.4 is 0 Å². The molecule has 1 aliphatic heterocycles. The Labute approximate surface area is 150 Å². The van der Waals surface area contributed by atoms with Crippen LogP contribution in [0.1, 0.15) is 36.2 Å². The molecule has 2 fully saturated rings. The standard InChI is InChI=1S/C21H27N3O/c1-16-3-2-4-19(23-16)14-24-12-9-21(25-15-18-5-6-18)20(24)13-17-7-10-22-11-8-17/h2-4,7-8,10-11,18,20-21H,5-6,9,12-15H2,1H3/t20-,21+/m0/s1. The van der Waals surface area contributed by atoms with Crippen molar-refractivity contribution in [3.8, 4) is 0 Å². The highest BCUT2D eigenvalue weighted by Crippen LogP contribution is 2.32. The van der Waals surface area contributed by atoms with Gasteiger partial charge in [-0.2, -0.15) is 0 Å². The zero-order chi connectivity index (χ0) is 17.1. The Hall–Kier alpha value is -1.78. The Balaban J connectivity index is 1.47. The van der Waals surface area contributed by atoms with Crippen LogP contribution >= 0.6 is 0 Å². The van der Waals surface area contributed by atoms with Gasteiger partial charge >= 0.3 is 0 Å².